The molecule has 2 N–H and O–H groups in total. The second-order valence-electron chi connectivity index (χ2n) is 4.21. The summed E-state index contributed by atoms with van der Waals surface area (Å²) in [7, 11) is 0. The van der Waals surface area contributed by atoms with Gasteiger partial charge >= 0.3 is 0 Å². The van der Waals surface area contributed by atoms with E-state index in [4.69, 9.17) is 9.84 Å². The standard InChI is InChI=1S/C12H18N2O3/c1-9(16)11-3-2-4-13-12(11)14-5-6-17-10(7-14)8-15/h2-4,9-10,15-16H,5-8H2,1H3. The Morgan fingerprint density at radius 3 is 3.18 bits per heavy atom. The van der Waals surface area contributed by atoms with Gasteiger partial charge < -0.3 is 19.8 Å². The van der Waals surface area contributed by atoms with Crippen molar-refractivity contribution in [2.24, 2.45) is 0 Å². The fourth-order valence-corrected chi connectivity index (χ4v) is 2.02. The quantitative estimate of drug-likeness (QED) is 0.794. The molecule has 94 valence electrons. The predicted molar refractivity (Wildman–Crippen MR) is 63.9 cm³/mol. The minimum Gasteiger partial charge on any atom is -0.394 e. The lowest BCUT2D eigenvalue weighted by molar-refractivity contribution is 0.00321. The zero-order valence-corrected chi connectivity index (χ0v) is 9.91. The first kappa shape index (κ1) is 12.3. The van der Waals surface area contributed by atoms with Crippen molar-refractivity contribution >= 4 is 5.82 Å². The molecule has 2 atom stereocenters. The van der Waals surface area contributed by atoms with Gasteiger partial charge in [-0.05, 0) is 13.0 Å². The zero-order chi connectivity index (χ0) is 12.3. The number of morpholine rings is 1. The smallest absolute Gasteiger partial charge is 0.134 e. The summed E-state index contributed by atoms with van der Waals surface area (Å²) < 4.78 is 5.40. The Balaban J connectivity index is 2.21. The summed E-state index contributed by atoms with van der Waals surface area (Å²) in [5, 5.41) is 18.8. The highest BCUT2D eigenvalue weighted by Crippen LogP contribution is 2.25. The Bertz CT molecular complexity index is 371. The van der Waals surface area contributed by atoms with Gasteiger partial charge in [-0.25, -0.2) is 4.98 Å². The van der Waals surface area contributed by atoms with Crippen LogP contribution in [-0.4, -0.2) is 47.6 Å². The van der Waals surface area contributed by atoms with E-state index in [0.717, 1.165) is 17.9 Å². The molecule has 1 fully saturated rings. The molecule has 17 heavy (non-hydrogen) atoms. The molecule has 0 amide bonds. The fourth-order valence-electron chi connectivity index (χ4n) is 2.02. The lowest BCUT2D eigenvalue weighted by Gasteiger charge is -2.34. The van der Waals surface area contributed by atoms with Crippen molar-refractivity contribution in [3.8, 4) is 0 Å². The molecule has 0 bridgehead atoms. The van der Waals surface area contributed by atoms with Crippen molar-refractivity contribution in [2.45, 2.75) is 19.1 Å². The predicted octanol–water partition coefficient (Wildman–Crippen LogP) is 0.332. The molecule has 0 aromatic carbocycles. The number of aromatic nitrogens is 1. The highest BCUT2D eigenvalue weighted by Gasteiger charge is 2.23. The van der Waals surface area contributed by atoms with E-state index >= 15 is 0 Å². The number of hydrogen-bond acceptors (Lipinski definition) is 5. The van der Waals surface area contributed by atoms with Crippen LogP contribution >= 0.6 is 0 Å². The molecule has 1 aliphatic rings. The maximum Gasteiger partial charge on any atom is 0.134 e. The molecular formula is C12H18N2O3. The van der Waals surface area contributed by atoms with E-state index in [0.29, 0.717) is 13.2 Å². The molecule has 1 saturated heterocycles. The van der Waals surface area contributed by atoms with Crippen LogP contribution in [0.1, 0.15) is 18.6 Å². The number of ether oxygens (including phenoxy) is 1. The van der Waals surface area contributed by atoms with Gasteiger partial charge in [-0.2, -0.15) is 0 Å². The van der Waals surface area contributed by atoms with Crippen molar-refractivity contribution < 1.29 is 14.9 Å². The molecule has 0 radical (unpaired) electrons. The molecule has 1 aliphatic heterocycles. The molecule has 2 unspecified atom stereocenters. The summed E-state index contributed by atoms with van der Waals surface area (Å²) in [6, 6.07) is 3.69. The number of aliphatic hydroxyl groups excluding tert-OH is 2. The Hall–Kier alpha value is -1.17. The minimum absolute atomic E-state index is 0.00729. The summed E-state index contributed by atoms with van der Waals surface area (Å²) >= 11 is 0. The molecule has 1 aromatic rings. The number of nitrogens with zero attached hydrogens (tertiary/aromatic N) is 2. The SMILES string of the molecule is CC(O)c1cccnc1N1CCOC(CO)C1. The first-order valence-electron chi connectivity index (χ1n) is 5.82. The summed E-state index contributed by atoms with van der Waals surface area (Å²) in [4.78, 5) is 6.37. The number of aliphatic hydroxyl groups is 2. The van der Waals surface area contributed by atoms with E-state index in [2.05, 4.69) is 4.98 Å². The number of hydrogen-bond donors (Lipinski definition) is 2. The third-order valence-electron chi connectivity index (χ3n) is 2.91. The van der Waals surface area contributed by atoms with Crippen LogP contribution in [0, 0.1) is 0 Å². The topological polar surface area (TPSA) is 65.8 Å². The second-order valence-corrected chi connectivity index (χ2v) is 4.21. The Kier molecular flexibility index (Phi) is 3.93. The van der Waals surface area contributed by atoms with Crippen LogP contribution in [-0.2, 0) is 4.74 Å². The average molecular weight is 238 g/mol. The highest BCUT2D eigenvalue weighted by molar-refractivity contribution is 5.48. The average Bonchev–Trinajstić information content (AvgIpc) is 2.39. The van der Waals surface area contributed by atoms with Gasteiger partial charge in [0.25, 0.3) is 0 Å². The van der Waals surface area contributed by atoms with Crippen molar-refractivity contribution in [1.29, 1.82) is 0 Å². The van der Waals surface area contributed by atoms with E-state index in [-0.39, 0.29) is 12.7 Å². The van der Waals surface area contributed by atoms with Gasteiger partial charge in [-0.1, -0.05) is 6.07 Å². The summed E-state index contributed by atoms with van der Waals surface area (Å²) in [6.07, 6.45) is 0.992. The summed E-state index contributed by atoms with van der Waals surface area (Å²) in [5.41, 5.74) is 0.811. The monoisotopic (exact) mass is 238 g/mol. The van der Waals surface area contributed by atoms with Crippen LogP contribution in [0.15, 0.2) is 18.3 Å². The van der Waals surface area contributed by atoms with Gasteiger partial charge in [0.15, 0.2) is 0 Å². The van der Waals surface area contributed by atoms with Gasteiger partial charge in [-0.15, -0.1) is 0 Å². The van der Waals surface area contributed by atoms with Crippen LogP contribution in [0.25, 0.3) is 0 Å². The fraction of sp³-hybridized carbons (Fsp3) is 0.583. The number of anilines is 1. The lowest BCUT2D eigenvalue weighted by atomic mass is 10.1. The molecule has 0 saturated carbocycles. The van der Waals surface area contributed by atoms with Crippen LogP contribution in [0.3, 0.4) is 0 Å². The van der Waals surface area contributed by atoms with E-state index in [1.165, 1.54) is 0 Å². The molecule has 1 aromatic heterocycles. The Morgan fingerprint density at radius 2 is 2.47 bits per heavy atom. The van der Waals surface area contributed by atoms with Crippen LogP contribution in [0.2, 0.25) is 0 Å². The normalized spacial score (nSPS) is 22.5. The molecule has 0 aliphatic carbocycles. The van der Waals surface area contributed by atoms with Crippen LogP contribution in [0.5, 0.6) is 0 Å². The molecule has 2 rings (SSSR count). The van der Waals surface area contributed by atoms with Gasteiger partial charge in [0.1, 0.15) is 5.82 Å². The molecule has 2 heterocycles. The third-order valence-corrected chi connectivity index (χ3v) is 2.91. The molecular weight excluding hydrogens is 220 g/mol. The third kappa shape index (κ3) is 2.74. The number of pyridine rings is 1. The zero-order valence-electron chi connectivity index (χ0n) is 9.91. The first-order valence-corrected chi connectivity index (χ1v) is 5.82. The molecule has 5 nitrogen and oxygen atoms in total. The van der Waals surface area contributed by atoms with Gasteiger partial charge in [0.2, 0.25) is 0 Å². The van der Waals surface area contributed by atoms with Crippen LogP contribution < -0.4 is 4.90 Å². The van der Waals surface area contributed by atoms with Gasteiger partial charge in [0, 0.05) is 24.8 Å². The molecule has 5 heteroatoms. The van der Waals surface area contributed by atoms with Crippen molar-refractivity contribution in [1.82, 2.24) is 4.98 Å². The van der Waals surface area contributed by atoms with E-state index in [1.807, 2.05) is 17.0 Å². The lowest BCUT2D eigenvalue weighted by Crippen LogP contribution is -2.44. The second kappa shape index (κ2) is 5.44. The maximum atomic E-state index is 9.71. The summed E-state index contributed by atoms with van der Waals surface area (Å²) in [5.74, 6) is 0.782. The van der Waals surface area contributed by atoms with E-state index in [1.54, 1.807) is 13.1 Å². The van der Waals surface area contributed by atoms with E-state index in [9.17, 15) is 5.11 Å². The summed E-state index contributed by atoms with van der Waals surface area (Å²) in [6.45, 7) is 3.64. The largest absolute Gasteiger partial charge is 0.394 e. The van der Waals surface area contributed by atoms with Crippen molar-refractivity contribution in [3.63, 3.8) is 0 Å². The van der Waals surface area contributed by atoms with Crippen molar-refractivity contribution in [3.05, 3.63) is 23.9 Å². The Labute approximate surface area is 101 Å². The van der Waals surface area contributed by atoms with Gasteiger partial charge in [0.05, 0.1) is 25.4 Å². The highest BCUT2D eigenvalue weighted by atomic mass is 16.5. The maximum absolute atomic E-state index is 9.71. The van der Waals surface area contributed by atoms with Crippen molar-refractivity contribution in [2.75, 3.05) is 31.2 Å². The first-order chi connectivity index (χ1) is 8.22. The van der Waals surface area contributed by atoms with E-state index < -0.39 is 6.10 Å². The Morgan fingerprint density at radius 1 is 1.65 bits per heavy atom. The van der Waals surface area contributed by atoms with Gasteiger partial charge in [-0.3, -0.25) is 0 Å². The van der Waals surface area contributed by atoms with Crippen LogP contribution in [0.4, 0.5) is 5.82 Å². The number of rotatable bonds is 3. The minimum atomic E-state index is -0.547. The molecule has 0 spiro atoms.